The van der Waals surface area contributed by atoms with E-state index >= 15 is 0 Å². The van der Waals surface area contributed by atoms with Crippen LogP contribution in [0, 0.1) is 48.2 Å². The van der Waals surface area contributed by atoms with Crippen molar-refractivity contribution in [3.8, 4) is 11.1 Å². The van der Waals surface area contributed by atoms with Crippen molar-refractivity contribution in [3.63, 3.8) is 0 Å². The van der Waals surface area contributed by atoms with Crippen molar-refractivity contribution >= 4 is 3.21 Å². The molecular formula is C48H60Cl2Zr-2. The summed E-state index contributed by atoms with van der Waals surface area (Å²) in [5, 5.41) is 0. The molecule has 3 heteroatoms. The fourth-order valence-electron chi connectivity index (χ4n) is 9.79. The van der Waals surface area contributed by atoms with Gasteiger partial charge < -0.3 is 24.8 Å². The third kappa shape index (κ3) is 9.97. The van der Waals surface area contributed by atoms with Gasteiger partial charge in [0, 0.05) is 0 Å². The van der Waals surface area contributed by atoms with E-state index in [1.165, 1.54) is 83.9 Å². The van der Waals surface area contributed by atoms with E-state index in [9.17, 15) is 0 Å². The third-order valence-electron chi connectivity index (χ3n) is 12.1. The Morgan fingerprint density at radius 2 is 1.33 bits per heavy atom. The Kier molecular flexibility index (Phi) is 13.6. The first kappa shape index (κ1) is 42.2. The molecule has 272 valence electrons. The van der Waals surface area contributed by atoms with Crippen LogP contribution >= 0.6 is 0 Å². The second-order valence-electron chi connectivity index (χ2n) is 18.7. The van der Waals surface area contributed by atoms with Crippen LogP contribution in [0.1, 0.15) is 141 Å². The number of aryl methyl sites for hydroxylation is 1. The number of fused-ring (bicyclic) bond motifs is 3. The molecule has 0 heterocycles. The fourth-order valence-corrected chi connectivity index (χ4v) is 10.2. The van der Waals surface area contributed by atoms with Crippen LogP contribution in [0.25, 0.3) is 11.1 Å². The van der Waals surface area contributed by atoms with Gasteiger partial charge in [0.2, 0.25) is 0 Å². The summed E-state index contributed by atoms with van der Waals surface area (Å²) >= 11 is 1.51. The zero-order valence-electron chi connectivity index (χ0n) is 33.0. The summed E-state index contributed by atoms with van der Waals surface area (Å²) in [6.07, 6.45) is 17.8. The maximum absolute atomic E-state index is 3.57. The molecule has 0 N–H and O–H groups in total. The molecule has 0 saturated heterocycles. The van der Waals surface area contributed by atoms with Gasteiger partial charge in [-0.3, -0.25) is 6.08 Å². The molecule has 3 aromatic carbocycles. The molecule has 4 bridgehead atoms. The molecule has 0 nitrogen and oxygen atoms in total. The summed E-state index contributed by atoms with van der Waals surface area (Å²) in [4.78, 5) is 0. The van der Waals surface area contributed by atoms with E-state index in [2.05, 4.69) is 142 Å². The summed E-state index contributed by atoms with van der Waals surface area (Å²) in [7, 11) is 0. The van der Waals surface area contributed by atoms with Gasteiger partial charge in [0.05, 0.1) is 0 Å². The zero-order chi connectivity index (χ0) is 35.3. The quantitative estimate of drug-likeness (QED) is 0.204. The first-order chi connectivity index (χ1) is 23.0. The van der Waals surface area contributed by atoms with E-state index in [0.717, 1.165) is 24.2 Å². The SMILES string of the molecule is CC(C)(C)c1c[c-]c2c(c1)-c1cc(C(C)(C)C)ccc1C2.CC1=[C-]C(C)C=C1CC12CC3CC(CC(C3)C1)C2.C[C](=[Zr+2])c1ccc(C)cc1.[Cl-].[Cl-]. The monoisotopic (exact) mass is 796 g/mol. The number of halogens is 2. The van der Waals surface area contributed by atoms with Crippen LogP contribution in [0.3, 0.4) is 0 Å². The van der Waals surface area contributed by atoms with E-state index in [0.29, 0.717) is 11.3 Å². The maximum Gasteiger partial charge on any atom is -1.00 e. The van der Waals surface area contributed by atoms with Crippen LogP contribution < -0.4 is 24.8 Å². The molecule has 1 atom stereocenters. The molecule has 0 aliphatic heterocycles. The minimum atomic E-state index is 0. The van der Waals surface area contributed by atoms with E-state index in [1.807, 2.05) is 0 Å². The summed E-state index contributed by atoms with van der Waals surface area (Å²) in [5.74, 6) is 3.82. The Morgan fingerprint density at radius 1 is 0.784 bits per heavy atom. The zero-order valence-corrected chi connectivity index (χ0v) is 37.0. The van der Waals surface area contributed by atoms with Gasteiger partial charge in [-0.1, -0.05) is 102 Å². The molecule has 6 aliphatic rings. The molecule has 3 aromatic rings. The Bertz CT molecular complexity index is 1660. The van der Waals surface area contributed by atoms with Crippen LogP contribution in [-0.4, -0.2) is 3.21 Å². The Morgan fingerprint density at radius 3 is 1.82 bits per heavy atom. The molecule has 51 heavy (non-hydrogen) atoms. The predicted molar refractivity (Wildman–Crippen MR) is 207 cm³/mol. The number of benzene rings is 3. The van der Waals surface area contributed by atoms with Gasteiger partial charge in [-0.15, -0.1) is 5.56 Å². The molecule has 0 radical (unpaired) electrons. The molecule has 0 spiro atoms. The average molecular weight is 799 g/mol. The van der Waals surface area contributed by atoms with E-state index in [1.54, 1.807) is 44.1 Å². The van der Waals surface area contributed by atoms with Crippen molar-refractivity contribution in [2.75, 3.05) is 0 Å². The van der Waals surface area contributed by atoms with Crippen LogP contribution in [0.5, 0.6) is 0 Å². The Labute approximate surface area is 338 Å². The van der Waals surface area contributed by atoms with Gasteiger partial charge in [-0.05, 0) is 79.1 Å². The summed E-state index contributed by atoms with van der Waals surface area (Å²) in [5.41, 5.74) is 15.3. The van der Waals surface area contributed by atoms with Crippen molar-refractivity contribution in [2.45, 2.75) is 131 Å². The van der Waals surface area contributed by atoms with Gasteiger partial charge in [-0.25, -0.2) is 5.57 Å². The number of allylic oxidation sites excluding steroid dienone is 4. The van der Waals surface area contributed by atoms with Gasteiger partial charge in [0.25, 0.3) is 0 Å². The topological polar surface area (TPSA) is 0 Å². The second-order valence-corrected chi connectivity index (χ2v) is 20.5. The van der Waals surface area contributed by atoms with Crippen LogP contribution in [-0.2, 0) is 41.5 Å². The van der Waals surface area contributed by atoms with Crippen LogP contribution in [0.4, 0.5) is 0 Å². The smallest absolute Gasteiger partial charge is 1.00 e. The number of rotatable bonds is 3. The largest absolute Gasteiger partial charge is 1.00 e. The number of hydrogen-bond donors (Lipinski definition) is 0. The van der Waals surface area contributed by atoms with Crippen molar-refractivity contribution in [1.29, 1.82) is 0 Å². The molecule has 6 aliphatic carbocycles. The predicted octanol–water partition coefficient (Wildman–Crippen LogP) is 6.66. The molecule has 4 saturated carbocycles. The third-order valence-corrected chi connectivity index (χ3v) is 12.8. The standard InChI is InChI=1S/C21H25.C18H25.C9H10.2ClH.Zr/c1-20(2,3)16-9-7-14-11-15-8-10-17(21(4,5)6)13-19(15)18(14)12-16;1-12-3-13(2)17(4-12)11-18-8-14-5-15(9-18)7-16(6-14)10-18;1-3-9-6-4-8(2)5-7-9;;;/h7,9-10,12-13H,11H2,1-6H3;4,12,14-16H,5-11H2,1-2H3;4-7H,1-2H3;2*1H;/q2*-1;;;;+2/p-2. The summed E-state index contributed by atoms with van der Waals surface area (Å²) < 4.78 is 1.46. The molecule has 9 rings (SSSR count). The van der Waals surface area contributed by atoms with Crippen molar-refractivity contribution < 1.29 is 49.0 Å². The fraction of sp³-hybridized carbons (Fsp3) is 0.521. The van der Waals surface area contributed by atoms with Gasteiger partial charge in [-0.2, -0.15) is 41.0 Å². The molecule has 4 fully saturated rings. The molecule has 0 aromatic heterocycles. The Balaban J connectivity index is 0.000000178. The normalized spacial score (nSPS) is 25.1. The molecule has 0 amide bonds. The molecule has 1 unspecified atom stereocenters. The van der Waals surface area contributed by atoms with Crippen molar-refractivity contribution in [3.05, 3.63) is 117 Å². The second kappa shape index (κ2) is 16.5. The first-order valence-corrected chi connectivity index (χ1v) is 20.3. The van der Waals surface area contributed by atoms with E-state index in [4.69, 9.17) is 0 Å². The Hall–Kier alpha value is -1.53. The van der Waals surface area contributed by atoms with E-state index < -0.39 is 0 Å². The minimum Gasteiger partial charge on any atom is -1.00 e. The molecular weight excluding hydrogens is 739 g/mol. The van der Waals surface area contributed by atoms with Crippen molar-refractivity contribution in [1.82, 2.24) is 0 Å². The van der Waals surface area contributed by atoms with E-state index in [-0.39, 0.29) is 35.6 Å². The maximum atomic E-state index is 3.57. The minimum absolute atomic E-state index is 0. The van der Waals surface area contributed by atoms with Gasteiger partial charge >= 0.3 is 76.7 Å². The van der Waals surface area contributed by atoms with Gasteiger partial charge in [0.15, 0.2) is 0 Å². The summed E-state index contributed by atoms with van der Waals surface area (Å²) in [6, 6.07) is 23.7. The summed E-state index contributed by atoms with van der Waals surface area (Å²) in [6.45, 7) is 22.5. The van der Waals surface area contributed by atoms with Gasteiger partial charge in [0.1, 0.15) is 0 Å². The van der Waals surface area contributed by atoms with Crippen molar-refractivity contribution in [2.24, 2.45) is 29.1 Å². The van der Waals surface area contributed by atoms with Crippen LogP contribution in [0.2, 0.25) is 0 Å². The average Bonchev–Trinajstić information content (AvgIpc) is 3.53. The number of hydrogen-bond acceptors (Lipinski definition) is 0. The first-order valence-electron chi connectivity index (χ1n) is 19.1. The van der Waals surface area contributed by atoms with Crippen LogP contribution in [0.15, 0.2) is 71.8 Å².